The Morgan fingerprint density at radius 3 is 1.90 bits per heavy atom. The lowest BCUT2D eigenvalue weighted by Crippen LogP contribution is -2.26. The van der Waals surface area contributed by atoms with Crippen molar-refractivity contribution in [3.05, 3.63) is 54.1 Å². The highest BCUT2D eigenvalue weighted by molar-refractivity contribution is 5.93. The molecule has 0 aliphatic carbocycles. The Labute approximate surface area is 119 Å². The standard InChI is InChI=1S/C14H13F2N5/c15-10-5-9(6-11(16)7-10)8-1-3-12(4-2-8)20-14(19)21-13(17)18/h1-7H,(H6,17,18,19,20,21). The third kappa shape index (κ3) is 4.00. The van der Waals surface area contributed by atoms with Gasteiger partial charge in [-0.15, -0.1) is 0 Å². The predicted octanol–water partition coefficient (Wildman–Crippen LogP) is 1.85. The lowest BCUT2D eigenvalue weighted by Gasteiger charge is -2.03. The molecule has 0 radical (unpaired) electrons. The van der Waals surface area contributed by atoms with E-state index >= 15 is 0 Å². The van der Waals surface area contributed by atoms with Crippen LogP contribution >= 0.6 is 0 Å². The van der Waals surface area contributed by atoms with Crippen molar-refractivity contribution in [3.8, 4) is 11.1 Å². The molecule has 0 bridgehead atoms. The molecule has 0 unspecified atom stereocenters. The Morgan fingerprint density at radius 1 is 0.810 bits per heavy atom. The maximum atomic E-state index is 13.2. The summed E-state index contributed by atoms with van der Waals surface area (Å²) in [4.78, 5) is 7.55. The van der Waals surface area contributed by atoms with Crippen molar-refractivity contribution in [1.29, 1.82) is 0 Å². The van der Waals surface area contributed by atoms with E-state index in [1.165, 1.54) is 12.1 Å². The van der Waals surface area contributed by atoms with Crippen molar-refractivity contribution in [3.63, 3.8) is 0 Å². The number of nitrogens with zero attached hydrogens (tertiary/aromatic N) is 2. The molecule has 2 aromatic rings. The van der Waals surface area contributed by atoms with E-state index in [9.17, 15) is 8.78 Å². The lowest BCUT2D eigenvalue weighted by atomic mass is 10.1. The first-order valence-electron chi connectivity index (χ1n) is 5.94. The maximum Gasteiger partial charge on any atom is 0.223 e. The second-order valence-electron chi connectivity index (χ2n) is 4.21. The minimum Gasteiger partial charge on any atom is -0.370 e. The molecule has 0 aromatic heterocycles. The van der Waals surface area contributed by atoms with E-state index in [0.717, 1.165) is 6.07 Å². The molecule has 2 aromatic carbocycles. The van der Waals surface area contributed by atoms with Crippen LogP contribution in [-0.2, 0) is 0 Å². The molecule has 0 aliphatic rings. The monoisotopic (exact) mass is 289 g/mol. The fourth-order valence-electron chi connectivity index (χ4n) is 1.74. The number of halogens is 2. The van der Waals surface area contributed by atoms with Gasteiger partial charge in [0, 0.05) is 6.07 Å². The summed E-state index contributed by atoms with van der Waals surface area (Å²) >= 11 is 0. The molecule has 0 heterocycles. The molecule has 0 saturated heterocycles. The first-order valence-corrected chi connectivity index (χ1v) is 5.94. The summed E-state index contributed by atoms with van der Waals surface area (Å²) in [5.74, 6) is -1.55. The van der Waals surface area contributed by atoms with Gasteiger partial charge in [0.2, 0.25) is 5.96 Å². The second kappa shape index (κ2) is 6.00. The topological polar surface area (TPSA) is 103 Å². The van der Waals surface area contributed by atoms with E-state index in [0.29, 0.717) is 16.8 Å². The minimum absolute atomic E-state index is 0.0837. The number of aliphatic imine (C=N–C) groups is 2. The van der Waals surface area contributed by atoms with Gasteiger partial charge >= 0.3 is 0 Å². The van der Waals surface area contributed by atoms with Gasteiger partial charge in [-0.3, -0.25) is 0 Å². The molecule has 2 rings (SSSR count). The highest BCUT2D eigenvalue weighted by Gasteiger charge is 2.03. The Hall–Kier alpha value is -2.96. The molecule has 0 spiro atoms. The van der Waals surface area contributed by atoms with Crippen LogP contribution < -0.4 is 17.2 Å². The first kappa shape index (κ1) is 14.4. The van der Waals surface area contributed by atoms with Crippen molar-refractivity contribution in [1.82, 2.24) is 0 Å². The van der Waals surface area contributed by atoms with Crippen LogP contribution in [0.2, 0.25) is 0 Å². The summed E-state index contributed by atoms with van der Waals surface area (Å²) in [7, 11) is 0. The Morgan fingerprint density at radius 2 is 1.38 bits per heavy atom. The third-order valence-corrected chi connectivity index (χ3v) is 2.55. The third-order valence-electron chi connectivity index (χ3n) is 2.55. The number of nitrogens with two attached hydrogens (primary N) is 3. The quantitative estimate of drug-likeness (QED) is 0.580. The van der Waals surface area contributed by atoms with E-state index in [2.05, 4.69) is 9.98 Å². The van der Waals surface area contributed by atoms with Crippen LogP contribution in [0, 0.1) is 11.6 Å². The fourth-order valence-corrected chi connectivity index (χ4v) is 1.74. The molecule has 0 saturated carbocycles. The summed E-state index contributed by atoms with van der Waals surface area (Å²) < 4.78 is 26.3. The zero-order valence-corrected chi connectivity index (χ0v) is 10.9. The molecule has 0 fully saturated rings. The van der Waals surface area contributed by atoms with Crippen LogP contribution in [0.3, 0.4) is 0 Å². The number of rotatable bonds is 2. The average molecular weight is 289 g/mol. The molecular weight excluding hydrogens is 276 g/mol. The van der Waals surface area contributed by atoms with Gasteiger partial charge in [-0.25, -0.2) is 13.8 Å². The number of hydrogen-bond donors (Lipinski definition) is 3. The maximum absolute atomic E-state index is 13.2. The molecule has 21 heavy (non-hydrogen) atoms. The highest BCUT2D eigenvalue weighted by atomic mass is 19.1. The Balaban J connectivity index is 2.29. The van der Waals surface area contributed by atoms with E-state index in [-0.39, 0.29) is 11.9 Å². The molecule has 7 heteroatoms. The van der Waals surface area contributed by atoms with Crippen molar-refractivity contribution in [2.45, 2.75) is 0 Å². The molecule has 5 nitrogen and oxygen atoms in total. The largest absolute Gasteiger partial charge is 0.370 e. The summed E-state index contributed by atoms with van der Waals surface area (Å²) in [5, 5.41) is 0. The van der Waals surface area contributed by atoms with Gasteiger partial charge < -0.3 is 17.2 Å². The van der Waals surface area contributed by atoms with Gasteiger partial charge in [0.15, 0.2) is 5.96 Å². The van der Waals surface area contributed by atoms with Crippen LogP contribution in [0.15, 0.2) is 52.4 Å². The average Bonchev–Trinajstić information content (AvgIpc) is 2.37. The zero-order valence-electron chi connectivity index (χ0n) is 10.9. The van der Waals surface area contributed by atoms with Crippen LogP contribution in [0.25, 0.3) is 11.1 Å². The minimum atomic E-state index is -0.635. The van der Waals surface area contributed by atoms with E-state index in [1.807, 2.05) is 0 Å². The van der Waals surface area contributed by atoms with Crippen molar-refractivity contribution >= 4 is 17.6 Å². The fraction of sp³-hybridized carbons (Fsp3) is 0. The van der Waals surface area contributed by atoms with Gasteiger partial charge in [0.25, 0.3) is 0 Å². The molecule has 0 aliphatic heterocycles. The van der Waals surface area contributed by atoms with Crippen molar-refractivity contribution in [2.24, 2.45) is 27.2 Å². The predicted molar refractivity (Wildman–Crippen MR) is 78.9 cm³/mol. The lowest BCUT2D eigenvalue weighted by molar-refractivity contribution is 0.584. The van der Waals surface area contributed by atoms with Gasteiger partial charge in [-0.2, -0.15) is 4.99 Å². The van der Waals surface area contributed by atoms with Gasteiger partial charge in [0.05, 0.1) is 5.69 Å². The summed E-state index contributed by atoms with van der Waals surface area (Å²) in [5.41, 5.74) is 17.4. The second-order valence-corrected chi connectivity index (χ2v) is 4.21. The molecule has 0 atom stereocenters. The van der Waals surface area contributed by atoms with Gasteiger partial charge in [-0.05, 0) is 35.4 Å². The Bertz CT molecular complexity index is 684. The highest BCUT2D eigenvalue weighted by Crippen LogP contribution is 2.24. The summed E-state index contributed by atoms with van der Waals surface area (Å²) in [6.45, 7) is 0. The number of guanidine groups is 2. The normalized spacial score (nSPS) is 11.2. The van der Waals surface area contributed by atoms with Crippen LogP contribution in [-0.4, -0.2) is 11.9 Å². The Kier molecular flexibility index (Phi) is 4.13. The van der Waals surface area contributed by atoms with E-state index in [4.69, 9.17) is 17.2 Å². The summed E-state index contributed by atoms with van der Waals surface area (Å²) in [6.07, 6.45) is 0. The molecule has 0 amide bonds. The number of benzene rings is 2. The first-order chi connectivity index (χ1) is 9.94. The molecule has 108 valence electrons. The van der Waals surface area contributed by atoms with Gasteiger partial charge in [0.1, 0.15) is 11.6 Å². The van der Waals surface area contributed by atoms with Crippen LogP contribution in [0.5, 0.6) is 0 Å². The smallest absolute Gasteiger partial charge is 0.223 e. The van der Waals surface area contributed by atoms with Crippen molar-refractivity contribution in [2.75, 3.05) is 0 Å². The van der Waals surface area contributed by atoms with Gasteiger partial charge in [-0.1, -0.05) is 12.1 Å². The number of hydrogen-bond acceptors (Lipinski definition) is 1. The summed E-state index contributed by atoms with van der Waals surface area (Å²) in [6, 6.07) is 9.90. The van der Waals surface area contributed by atoms with E-state index < -0.39 is 11.6 Å². The van der Waals surface area contributed by atoms with Crippen LogP contribution in [0.1, 0.15) is 0 Å². The zero-order chi connectivity index (χ0) is 15.4. The SMILES string of the molecule is NC(N)=NC(N)=Nc1ccc(-c2cc(F)cc(F)c2)cc1. The molecule has 6 N–H and O–H groups in total. The van der Waals surface area contributed by atoms with Crippen LogP contribution in [0.4, 0.5) is 14.5 Å². The van der Waals surface area contributed by atoms with E-state index in [1.54, 1.807) is 24.3 Å². The molecular formula is C14H13F2N5. The van der Waals surface area contributed by atoms with Crippen molar-refractivity contribution < 1.29 is 8.78 Å².